The van der Waals surface area contributed by atoms with Crippen LogP contribution in [0.2, 0.25) is 15.1 Å². The summed E-state index contributed by atoms with van der Waals surface area (Å²) in [7, 11) is 0. The largest absolute Gasteiger partial charge is 0.491 e. The van der Waals surface area contributed by atoms with Crippen molar-refractivity contribution in [2.75, 3.05) is 13.2 Å². The van der Waals surface area contributed by atoms with Crippen molar-refractivity contribution in [3.63, 3.8) is 0 Å². The van der Waals surface area contributed by atoms with E-state index in [0.29, 0.717) is 10.8 Å². The average Bonchev–Trinajstić information content (AvgIpc) is 3.30. The van der Waals surface area contributed by atoms with Gasteiger partial charge in [-0.2, -0.15) is 0 Å². The van der Waals surface area contributed by atoms with Crippen LogP contribution in [0.4, 0.5) is 0 Å². The lowest BCUT2D eigenvalue weighted by atomic mass is 10.0. The summed E-state index contributed by atoms with van der Waals surface area (Å²) in [6.45, 7) is -0.480. The topological polar surface area (TPSA) is 141 Å². The van der Waals surface area contributed by atoms with Crippen molar-refractivity contribution in [3.8, 4) is 5.75 Å². The zero-order valence-electron chi connectivity index (χ0n) is 17.0. The molecular formula is C19H15Cl3N4O8. The first-order valence-corrected chi connectivity index (χ1v) is 10.4. The molecule has 0 spiro atoms. The molecule has 0 saturated heterocycles. The highest BCUT2D eigenvalue weighted by atomic mass is 35.5. The minimum Gasteiger partial charge on any atom is -0.491 e. The van der Waals surface area contributed by atoms with Crippen molar-refractivity contribution < 1.29 is 29.3 Å². The molecule has 0 aliphatic carbocycles. The second kappa shape index (κ2) is 11.2. The summed E-state index contributed by atoms with van der Waals surface area (Å²) in [6.07, 6.45) is 1.79. The maximum atomic E-state index is 11.6. The molecule has 1 heterocycles. The van der Waals surface area contributed by atoms with E-state index in [-0.39, 0.29) is 28.8 Å². The van der Waals surface area contributed by atoms with Crippen LogP contribution in [0.15, 0.2) is 61.2 Å². The van der Waals surface area contributed by atoms with Gasteiger partial charge >= 0.3 is 0 Å². The zero-order chi connectivity index (χ0) is 24.7. The normalized spacial score (nSPS) is 13.5. The third kappa shape index (κ3) is 6.17. The number of aromatic nitrogens is 2. The van der Waals surface area contributed by atoms with Crippen molar-refractivity contribution >= 4 is 34.8 Å². The summed E-state index contributed by atoms with van der Waals surface area (Å²) in [5.41, 5.74) is -0.165. The molecule has 0 N–H and O–H groups in total. The second-order valence-electron chi connectivity index (χ2n) is 6.45. The van der Waals surface area contributed by atoms with Crippen LogP contribution in [0, 0.1) is 20.2 Å². The van der Waals surface area contributed by atoms with Gasteiger partial charge in [-0.15, -0.1) is 20.2 Å². The molecule has 0 fully saturated rings. The van der Waals surface area contributed by atoms with Gasteiger partial charge in [-0.05, 0) is 36.4 Å². The Balaban J connectivity index is 2.01. The molecule has 2 atom stereocenters. The first-order valence-electron chi connectivity index (χ1n) is 9.31. The van der Waals surface area contributed by atoms with Gasteiger partial charge in [-0.3, -0.25) is 9.68 Å². The van der Waals surface area contributed by atoms with E-state index in [1.54, 1.807) is 24.3 Å². The van der Waals surface area contributed by atoms with Gasteiger partial charge in [0.15, 0.2) is 0 Å². The SMILES string of the molecule is O=[N+]([O-])OC(n1ccnc1)C(OCCOc1ccc(Cl)cc1)(O[N+](=O)[O-])c1ccc(Cl)cc1Cl. The Morgan fingerprint density at radius 1 is 1.00 bits per heavy atom. The van der Waals surface area contributed by atoms with Crippen molar-refractivity contribution in [3.05, 3.63) is 102 Å². The highest BCUT2D eigenvalue weighted by Gasteiger charge is 2.51. The molecular weight excluding hydrogens is 519 g/mol. The van der Waals surface area contributed by atoms with Crippen LogP contribution in [0.3, 0.4) is 0 Å². The molecule has 15 heteroatoms. The van der Waals surface area contributed by atoms with E-state index >= 15 is 0 Å². The van der Waals surface area contributed by atoms with Gasteiger partial charge in [0.2, 0.25) is 6.23 Å². The van der Waals surface area contributed by atoms with Crippen molar-refractivity contribution in [1.29, 1.82) is 0 Å². The molecule has 2 unspecified atom stereocenters. The van der Waals surface area contributed by atoms with E-state index in [0.717, 1.165) is 10.9 Å². The minimum atomic E-state index is -2.57. The van der Waals surface area contributed by atoms with Crippen LogP contribution in [0.5, 0.6) is 5.75 Å². The van der Waals surface area contributed by atoms with E-state index in [1.165, 1.54) is 30.6 Å². The van der Waals surface area contributed by atoms with Gasteiger partial charge < -0.3 is 14.0 Å². The maximum Gasteiger partial charge on any atom is 0.297 e. The second-order valence-corrected chi connectivity index (χ2v) is 7.73. The van der Waals surface area contributed by atoms with E-state index < -0.39 is 22.2 Å². The number of ether oxygens (including phenoxy) is 2. The van der Waals surface area contributed by atoms with Crippen molar-refractivity contribution in [1.82, 2.24) is 9.55 Å². The number of halogens is 3. The van der Waals surface area contributed by atoms with E-state index in [9.17, 15) is 20.2 Å². The van der Waals surface area contributed by atoms with Gasteiger partial charge in [0.1, 0.15) is 12.4 Å². The van der Waals surface area contributed by atoms with Gasteiger partial charge in [-0.25, -0.2) is 4.98 Å². The van der Waals surface area contributed by atoms with Gasteiger partial charge in [0.25, 0.3) is 16.0 Å². The molecule has 12 nitrogen and oxygen atoms in total. The van der Waals surface area contributed by atoms with Crippen LogP contribution >= 0.6 is 34.8 Å². The lowest BCUT2D eigenvalue weighted by molar-refractivity contribution is -0.835. The summed E-state index contributed by atoms with van der Waals surface area (Å²) in [6, 6.07) is 10.3. The summed E-state index contributed by atoms with van der Waals surface area (Å²) < 4.78 is 12.4. The van der Waals surface area contributed by atoms with Crippen LogP contribution in [0.25, 0.3) is 0 Å². The number of imidazole rings is 1. The number of hydrogen-bond donors (Lipinski definition) is 0. The Morgan fingerprint density at radius 3 is 2.29 bits per heavy atom. The standard InChI is InChI=1S/C19H15Cl3N4O8/c20-13-1-4-15(5-2-13)31-9-10-32-19(34-26(29)30,16-6-3-14(21)11-17(16)22)18(33-25(27)28)24-8-7-23-12-24/h1-8,11-12,18H,9-10H2. The Kier molecular flexibility index (Phi) is 8.34. The number of rotatable bonds is 12. The quantitative estimate of drug-likeness (QED) is 0.140. The van der Waals surface area contributed by atoms with Crippen LogP contribution in [0.1, 0.15) is 11.8 Å². The van der Waals surface area contributed by atoms with Crippen LogP contribution < -0.4 is 4.74 Å². The Hall–Kier alpha value is -3.32. The van der Waals surface area contributed by atoms with Crippen LogP contribution in [-0.2, 0) is 20.2 Å². The molecule has 0 radical (unpaired) electrons. The van der Waals surface area contributed by atoms with Gasteiger partial charge in [-0.1, -0.05) is 40.9 Å². The predicted molar refractivity (Wildman–Crippen MR) is 118 cm³/mol. The number of benzene rings is 2. The molecule has 3 rings (SSSR count). The average molecular weight is 534 g/mol. The van der Waals surface area contributed by atoms with Crippen molar-refractivity contribution in [2.45, 2.75) is 12.0 Å². The smallest absolute Gasteiger partial charge is 0.297 e. The first kappa shape index (κ1) is 25.3. The number of hydrogen-bond acceptors (Lipinski definition) is 9. The minimum absolute atomic E-state index is 0.134. The lowest BCUT2D eigenvalue weighted by Gasteiger charge is -2.37. The summed E-state index contributed by atoms with van der Waals surface area (Å²) in [5.74, 6) is -2.13. The fourth-order valence-corrected chi connectivity index (χ4v) is 3.65. The lowest BCUT2D eigenvalue weighted by Crippen LogP contribution is -2.46. The van der Waals surface area contributed by atoms with Gasteiger partial charge in [0.05, 0.1) is 18.0 Å². The zero-order valence-corrected chi connectivity index (χ0v) is 19.2. The maximum absolute atomic E-state index is 11.6. The molecule has 0 bridgehead atoms. The molecule has 0 amide bonds. The highest BCUT2D eigenvalue weighted by molar-refractivity contribution is 6.35. The number of nitrogens with zero attached hydrogens (tertiary/aromatic N) is 4. The third-order valence-corrected chi connectivity index (χ3v) is 5.11. The van der Waals surface area contributed by atoms with E-state index in [4.69, 9.17) is 54.0 Å². The highest BCUT2D eigenvalue weighted by Crippen LogP contribution is 2.43. The third-order valence-electron chi connectivity index (χ3n) is 4.31. The molecule has 3 aromatic rings. The molecule has 2 aromatic carbocycles. The Morgan fingerprint density at radius 2 is 1.71 bits per heavy atom. The summed E-state index contributed by atoms with van der Waals surface area (Å²) in [4.78, 5) is 36.4. The first-order chi connectivity index (χ1) is 16.2. The van der Waals surface area contributed by atoms with E-state index in [2.05, 4.69) is 4.98 Å². The molecule has 0 aliphatic heterocycles. The predicted octanol–water partition coefficient (Wildman–Crippen LogP) is 4.71. The fourth-order valence-electron chi connectivity index (χ4n) is 2.98. The van der Waals surface area contributed by atoms with Gasteiger partial charge in [0, 0.05) is 28.0 Å². The Bertz CT molecular complexity index is 1130. The van der Waals surface area contributed by atoms with Crippen molar-refractivity contribution in [2.24, 2.45) is 0 Å². The monoisotopic (exact) mass is 532 g/mol. The molecule has 34 heavy (non-hydrogen) atoms. The summed E-state index contributed by atoms with van der Waals surface area (Å²) in [5, 5.41) is 21.1. The molecule has 1 aromatic heterocycles. The Labute approximate surface area is 206 Å². The molecule has 0 aliphatic rings. The summed E-state index contributed by atoms with van der Waals surface area (Å²) >= 11 is 18.1. The molecule has 180 valence electrons. The van der Waals surface area contributed by atoms with Crippen LogP contribution in [-0.4, -0.2) is 32.9 Å². The van der Waals surface area contributed by atoms with E-state index in [1.807, 2.05) is 0 Å². The molecule has 0 saturated carbocycles. The fraction of sp³-hybridized carbons (Fsp3) is 0.211.